The van der Waals surface area contributed by atoms with Crippen LogP contribution in [0.3, 0.4) is 0 Å². The van der Waals surface area contributed by atoms with E-state index in [0.717, 1.165) is 31.4 Å². The second-order valence-corrected chi connectivity index (χ2v) is 9.13. The van der Waals surface area contributed by atoms with Gasteiger partial charge in [-0.15, -0.1) is 0 Å². The van der Waals surface area contributed by atoms with Crippen LogP contribution in [-0.4, -0.2) is 57.9 Å². The first-order chi connectivity index (χ1) is 13.4. The lowest BCUT2D eigenvalue weighted by Crippen LogP contribution is -2.39. The second kappa shape index (κ2) is 10.1. The van der Waals surface area contributed by atoms with Gasteiger partial charge in [0.05, 0.1) is 36.4 Å². The Balaban J connectivity index is 1.45. The predicted octanol–water partition coefficient (Wildman–Crippen LogP) is 2.54. The van der Waals surface area contributed by atoms with Gasteiger partial charge < -0.3 is 19.3 Å². The fourth-order valence-corrected chi connectivity index (χ4v) is 4.43. The number of aliphatic hydroxyl groups excluding tert-OH is 1. The van der Waals surface area contributed by atoms with E-state index in [9.17, 15) is 13.5 Å². The van der Waals surface area contributed by atoms with Gasteiger partial charge in [-0.3, -0.25) is 4.18 Å². The lowest BCUT2D eigenvalue weighted by Gasteiger charge is -2.33. The molecule has 4 atom stereocenters. The molecule has 0 aliphatic carbocycles. The maximum Gasteiger partial charge on any atom is 0.297 e. The SMILES string of the molecule is Cc1ccc(S(=O)(=O)OC[C@@H]2C[C@H](O)C[C@H](CCOC3CCCCO3)O2)cc1. The van der Waals surface area contributed by atoms with E-state index in [4.69, 9.17) is 18.4 Å². The molecule has 8 heteroatoms. The maximum atomic E-state index is 12.3. The largest absolute Gasteiger partial charge is 0.393 e. The molecule has 0 aromatic heterocycles. The Labute approximate surface area is 167 Å². The third-order valence-electron chi connectivity index (χ3n) is 5.06. The number of hydrogen-bond donors (Lipinski definition) is 1. The number of ether oxygens (including phenoxy) is 3. The molecule has 1 aromatic carbocycles. The minimum absolute atomic E-state index is 0.115. The molecule has 158 valence electrons. The van der Waals surface area contributed by atoms with Crippen LogP contribution >= 0.6 is 0 Å². The molecule has 0 radical (unpaired) electrons. The topological polar surface area (TPSA) is 91.3 Å². The first kappa shape index (κ1) is 21.7. The van der Waals surface area contributed by atoms with Crippen LogP contribution in [0, 0.1) is 6.92 Å². The molecule has 1 N–H and O–H groups in total. The van der Waals surface area contributed by atoms with Crippen molar-refractivity contribution < 1.29 is 31.9 Å². The van der Waals surface area contributed by atoms with Crippen molar-refractivity contribution in [2.24, 2.45) is 0 Å². The molecule has 2 heterocycles. The third kappa shape index (κ3) is 6.50. The summed E-state index contributed by atoms with van der Waals surface area (Å²) in [5.74, 6) is 0. The first-order valence-corrected chi connectivity index (χ1v) is 11.4. The Morgan fingerprint density at radius 1 is 1.14 bits per heavy atom. The second-order valence-electron chi connectivity index (χ2n) is 7.51. The average Bonchev–Trinajstić information content (AvgIpc) is 2.67. The average molecular weight is 415 g/mol. The molecule has 1 aromatic rings. The summed E-state index contributed by atoms with van der Waals surface area (Å²) in [6, 6.07) is 6.50. The van der Waals surface area contributed by atoms with Crippen LogP contribution in [0.25, 0.3) is 0 Å². The van der Waals surface area contributed by atoms with Crippen molar-refractivity contribution in [3.05, 3.63) is 29.8 Å². The van der Waals surface area contributed by atoms with E-state index >= 15 is 0 Å². The summed E-state index contributed by atoms with van der Waals surface area (Å²) >= 11 is 0. The Hall–Kier alpha value is -1.03. The van der Waals surface area contributed by atoms with E-state index in [1.807, 2.05) is 6.92 Å². The minimum Gasteiger partial charge on any atom is -0.393 e. The molecular formula is C20H30O7S. The highest BCUT2D eigenvalue weighted by molar-refractivity contribution is 7.86. The molecular weight excluding hydrogens is 384 g/mol. The predicted molar refractivity (Wildman–Crippen MR) is 102 cm³/mol. The van der Waals surface area contributed by atoms with Crippen molar-refractivity contribution in [3.63, 3.8) is 0 Å². The van der Waals surface area contributed by atoms with Crippen LogP contribution in [0.5, 0.6) is 0 Å². The van der Waals surface area contributed by atoms with Gasteiger partial charge in [-0.2, -0.15) is 8.42 Å². The number of rotatable bonds is 8. The fraction of sp³-hybridized carbons (Fsp3) is 0.700. The van der Waals surface area contributed by atoms with E-state index in [1.165, 1.54) is 12.1 Å². The molecule has 1 unspecified atom stereocenters. The Morgan fingerprint density at radius 2 is 1.89 bits per heavy atom. The summed E-state index contributed by atoms with van der Waals surface area (Å²) in [4.78, 5) is 0.117. The normalized spacial score (nSPS) is 28.9. The summed E-state index contributed by atoms with van der Waals surface area (Å²) < 4.78 is 47.0. The maximum absolute atomic E-state index is 12.3. The highest BCUT2D eigenvalue weighted by Crippen LogP contribution is 2.24. The van der Waals surface area contributed by atoms with Gasteiger partial charge in [0.2, 0.25) is 0 Å². The number of hydrogen-bond acceptors (Lipinski definition) is 7. The van der Waals surface area contributed by atoms with Crippen molar-refractivity contribution in [3.8, 4) is 0 Å². The number of aliphatic hydroxyl groups is 1. The summed E-state index contributed by atoms with van der Waals surface area (Å²) in [7, 11) is -3.85. The van der Waals surface area contributed by atoms with Crippen LogP contribution in [0.2, 0.25) is 0 Å². The summed E-state index contributed by atoms with van der Waals surface area (Å²) in [5.41, 5.74) is 0.973. The third-order valence-corrected chi connectivity index (χ3v) is 6.35. The highest BCUT2D eigenvalue weighted by Gasteiger charge is 2.30. The summed E-state index contributed by atoms with van der Waals surface area (Å²) in [6.07, 6.45) is 3.22. The van der Waals surface area contributed by atoms with E-state index in [2.05, 4.69) is 0 Å². The van der Waals surface area contributed by atoms with Crippen LogP contribution in [0.1, 0.15) is 44.1 Å². The van der Waals surface area contributed by atoms with E-state index in [0.29, 0.717) is 25.9 Å². The molecule has 0 amide bonds. The van der Waals surface area contributed by atoms with Crippen LogP contribution < -0.4 is 0 Å². The monoisotopic (exact) mass is 414 g/mol. The molecule has 2 fully saturated rings. The zero-order valence-electron chi connectivity index (χ0n) is 16.3. The number of benzene rings is 1. The lowest BCUT2D eigenvalue weighted by molar-refractivity contribution is -0.173. The molecule has 7 nitrogen and oxygen atoms in total. The Bertz CT molecular complexity index is 698. The van der Waals surface area contributed by atoms with Crippen molar-refractivity contribution in [1.29, 1.82) is 0 Å². The van der Waals surface area contributed by atoms with Gasteiger partial charge in [0, 0.05) is 13.0 Å². The molecule has 0 bridgehead atoms. The number of aryl methyl sites for hydroxylation is 1. The standard InChI is InChI=1S/C20H30O7S/c1-15-5-7-19(8-6-15)28(22,23)26-14-18-13-16(21)12-17(27-18)9-11-25-20-4-2-3-10-24-20/h5-8,16-18,20-21H,2-4,9-14H2,1H3/t16-,17+,18+,20?/m1/s1. The smallest absolute Gasteiger partial charge is 0.297 e. The summed E-state index contributed by atoms with van der Waals surface area (Å²) in [5, 5.41) is 10.1. The van der Waals surface area contributed by atoms with Crippen molar-refractivity contribution in [1.82, 2.24) is 0 Å². The van der Waals surface area contributed by atoms with Crippen molar-refractivity contribution in [2.45, 2.75) is 74.9 Å². The van der Waals surface area contributed by atoms with Gasteiger partial charge >= 0.3 is 0 Å². The molecule has 3 rings (SSSR count). The quantitative estimate of drug-likeness (QED) is 0.654. The van der Waals surface area contributed by atoms with Gasteiger partial charge in [-0.1, -0.05) is 17.7 Å². The lowest BCUT2D eigenvalue weighted by atomic mass is 9.99. The molecule has 2 aliphatic heterocycles. The van der Waals surface area contributed by atoms with Crippen LogP contribution in [0.4, 0.5) is 0 Å². The van der Waals surface area contributed by atoms with Crippen molar-refractivity contribution >= 4 is 10.1 Å². The van der Waals surface area contributed by atoms with Crippen molar-refractivity contribution in [2.75, 3.05) is 19.8 Å². The van der Waals surface area contributed by atoms with E-state index in [-0.39, 0.29) is 23.9 Å². The molecule has 0 spiro atoms. The Kier molecular flexibility index (Phi) is 7.85. The van der Waals surface area contributed by atoms with Gasteiger partial charge in [-0.05, 0) is 51.2 Å². The highest BCUT2D eigenvalue weighted by atomic mass is 32.2. The zero-order valence-corrected chi connectivity index (χ0v) is 17.1. The molecule has 0 saturated carbocycles. The summed E-state index contributed by atoms with van der Waals surface area (Å²) in [6.45, 7) is 2.99. The fourth-order valence-electron chi connectivity index (χ4n) is 3.49. The van der Waals surface area contributed by atoms with Gasteiger partial charge in [0.1, 0.15) is 0 Å². The first-order valence-electron chi connectivity index (χ1n) is 9.95. The van der Waals surface area contributed by atoms with Crippen LogP contribution in [0.15, 0.2) is 29.2 Å². The Morgan fingerprint density at radius 3 is 2.61 bits per heavy atom. The zero-order chi connectivity index (χ0) is 20.0. The molecule has 28 heavy (non-hydrogen) atoms. The molecule has 2 aliphatic rings. The van der Waals surface area contributed by atoms with Gasteiger partial charge in [0.25, 0.3) is 10.1 Å². The van der Waals surface area contributed by atoms with Gasteiger partial charge in [0.15, 0.2) is 6.29 Å². The molecule has 2 saturated heterocycles. The van der Waals surface area contributed by atoms with Gasteiger partial charge in [-0.25, -0.2) is 0 Å². The van der Waals surface area contributed by atoms with E-state index in [1.54, 1.807) is 12.1 Å². The minimum atomic E-state index is -3.85. The van der Waals surface area contributed by atoms with E-state index < -0.39 is 22.3 Å². The van der Waals surface area contributed by atoms with Crippen LogP contribution in [-0.2, 0) is 28.5 Å².